The van der Waals surface area contributed by atoms with E-state index in [2.05, 4.69) is 22.5 Å². The summed E-state index contributed by atoms with van der Waals surface area (Å²) < 4.78 is 0. The number of piperidine rings is 1. The lowest BCUT2D eigenvalue weighted by atomic mass is 9.81. The molecule has 1 aliphatic rings. The van der Waals surface area contributed by atoms with Gasteiger partial charge in [-0.05, 0) is 31.3 Å². The quantitative estimate of drug-likeness (QED) is 0.573. The highest BCUT2D eigenvalue weighted by atomic mass is 16.2. The molecule has 0 radical (unpaired) electrons. The van der Waals surface area contributed by atoms with Gasteiger partial charge in [0.2, 0.25) is 0 Å². The molecule has 19 heavy (non-hydrogen) atoms. The van der Waals surface area contributed by atoms with Gasteiger partial charge >= 0.3 is 5.69 Å². The van der Waals surface area contributed by atoms with E-state index in [9.17, 15) is 14.4 Å². The summed E-state index contributed by atoms with van der Waals surface area (Å²) in [5, 5.41) is 6.03. The molecule has 1 amide bonds. The Kier molecular flexibility index (Phi) is 3.84. The van der Waals surface area contributed by atoms with E-state index in [4.69, 9.17) is 0 Å². The summed E-state index contributed by atoms with van der Waals surface area (Å²) in [4.78, 5) is 38.5. The Bertz CT molecular complexity index is 569. The molecule has 7 heteroatoms. The number of H-pyrrole nitrogens is 2. The van der Waals surface area contributed by atoms with Crippen molar-refractivity contribution >= 4 is 5.91 Å². The Labute approximate surface area is 109 Å². The summed E-state index contributed by atoms with van der Waals surface area (Å²) in [6.45, 7) is 4.51. The van der Waals surface area contributed by atoms with Gasteiger partial charge in [-0.1, -0.05) is 6.92 Å². The van der Waals surface area contributed by atoms with Crippen LogP contribution >= 0.6 is 0 Å². The molecule has 1 aromatic rings. The number of carbonyl (C=O) groups excluding carboxylic acids is 1. The maximum atomic E-state index is 11.9. The van der Waals surface area contributed by atoms with Crippen molar-refractivity contribution in [3.63, 3.8) is 0 Å². The monoisotopic (exact) mass is 266 g/mol. The van der Waals surface area contributed by atoms with Crippen molar-refractivity contribution < 1.29 is 4.79 Å². The molecule has 0 aliphatic carbocycles. The second kappa shape index (κ2) is 5.40. The number of hydrogen-bond donors (Lipinski definition) is 4. The molecule has 0 atom stereocenters. The molecule has 1 fully saturated rings. The minimum atomic E-state index is -0.670. The van der Waals surface area contributed by atoms with E-state index in [0.29, 0.717) is 6.54 Å². The molecule has 1 aliphatic heterocycles. The highest BCUT2D eigenvalue weighted by Gasteiger charge is 2.27. The Hall–Kier alpha value is -1.89. The van der Waals surface area contributed by atoms with Crippen molar-refractivity contribution in [2.75, 3.05) is 19.6 Å². The molecule has 1 saturated heterocycles. The van der Waals surface area contributed by atoms with E-state index < -0.39 is 17.2 Å². The second-order valence-corrected chi connectivity index (χ2v) is 5.23. The van der Waals surface area contributed by atoms with Gasteiger partial charge in [0.25, 0.3) is 11.5 Å². The number of aromatic nitrogens is 2. The zero-order chi connectivity index (χ0) is 13.9. The number of carbonyl (C=O) groups is 1. The zero-order valence-electron chi connectivity index (χ0n) is 10.8. The van der Waals surface area contributed by atoms with E-state index in [1.165, 1.54) is 0 Å². The number of rotatable bonds is 3. The lowest BCUT2D eigenvalue weighted by Crippen LogP contribution is -2.44. The van der Waals surface area contributed by atoms with Crippen LogP contribution in [0.4, 0.5) is 0 Å². The van der Waals surface area contributed by atoms with Crippen LogP contribution in [-0.2, 0) is 0 Å². The third-order valence-electron chi connectivity index (χ3n) is 3.55. The van der Waals surface area contributed by atoms with Crippen molar-refractivity contribution in [3.05, 3.63) is 32.6 Å². The van der Waals surface area contributed by atoms with Crippen LogP contribution in [0.25, 0.3) is 0 Å². The lowest BCUT2D eigenvalue weighted by Gasteiger charge is -2.34. The molecule has 104 valence electrons. The highest BCUT2D eigenvalue weighted by molar-refractivity contribution is 5.93. The first-order chi connectivity index (χ1) is 9.00. The van der Waals surface area contributed by atoms with E-state index in [0.717, 1.165) is 32.1 Å². The van der Waals surface area contributed by atoms with Crippen LogP contribution in [0.3, 0.4) is 0 Å². The van der Waals surface area contributed by atoms with Crippen LogP contribution in [0.1, 0.15) is 30.1 Å². The summed E-state index contributed by atoms with van der Waals surface area (Å²) in [6, 6.07) is 0. The second-order valence-electron chi connectivity index (χ2n) is 5.23. The van der Waals surface area contributed by atoms with Gasteiger partial charge in [-0.3, -0.25) is 14.6 Å². The van der Waals surface area contributed by atoms with Crippen molar-refractivity contribution in [1.29, 1.82) is 0 Å². The average Bonchev–Trinajstić information content (AvgIpc) is 2.37. The zero-order valence-corrected chi connectivity index (χ0v) is 10.8. The standard InChI is InChI=1S/C12H18N4O3/c1-12(2-4-13-5-3-12)7-15-9(17)8-6-14-11(19)16-10(8)18/h6,13H,2-5,7H2,1H3,(H,15,17)(H2,14,16,18,19). The maximum absolute atomic E-state index is 11.9. The normalized spacial score (nSPS) is 17.9. The fourth-order valence-electron chi connectivity index (χ4n) is 2.17. The van der Waals surface area contributed by atoms with Crippen molar-refractivity contribution in [2.45, 2.75) is 19.8 Å². The average molecular weight is 266 g/mol. The molecule has 0 aromatic carbocycles. The van der Waals surface area contributed by atoms with E-state index in [1.807, 2.05) is 4.98 Å². The Morgan fingerprint density at radius 2 is 2.05 bits per heavy atom. The molecule has 2 rings (SSSR count). The predicted octanol–water partition coefficient (Wildman–Crippen LogP) is -0.817. The Morgan fingerprint density at radius 1 is 1.37 bits per heavy atom. The van der Waals surface area contributed by atoms with Crippen LogP contribution < -0.4 is 21.9 Å². The molecule has 0 bridgehead atoms. The predicted molar refractivity (Wildman–Crippen MR) is 70.2 cm³/mol. The van der Waals surface area contributed by atoms with E-state index in [1.54, 1.807) is 0 Å². The van der Waals surface area contributed by atoms with Crippen LogP contribution in [0.5, 0.6) is 0 Å². The molecule has 2 heterocycles. The summed E-state index contributed by atoms with van der Waals surface area (Å²) in [7, 11) is 0. The van der Waals surface area contributed by atoms with Gasteiger partial charge < -0.3 is 15.6 Å². The van der Waals surface area contributed by atoms with Crippen molar-refractivity contribution in [3.8, 4) is 0 Å². The van der Waals surface area contributed by atoms with Gasteiger partial charge in [0.1, 0.15) is 5.56 Å². The van der Waals surface area contributed by atoms with Crippen LogP contribution in [0.2, 0.25) is 0 Å². The maximum Gasteiger partial charge on any atom is 0.325 e. The fraction of sp³-hybridized carbons (Fsp3) is 0.583. The highest BCUT2D eigenvalue weighted by Crippen LogP contribution is 2.26. The number of nitrogens with one attached hydrogen (secondary N) is 4. The SMILES string of the molecule is CC1(CNC(=O)c2c[nH]c(=O)[nH]c2=O)CCNCC1. The largest absolute Gasteiger partial charge is 0.351 e. The van der Waals surface area contributed by atoms with E-state index >= 15 is 0 Å². The van der Waals surface area contributed by atoms with Gasteiger partial charge in [-0.25, -0.2) is 4.79 Å². The summed E-state index contributed by atoms with van der Waals surface area (Å²) in [5.74, 6) is -0.461. The molecular formula is C12H18N4O3. The summed E-state index contributed by atoms with van der Waals surface area (Å²) in [6.07, 6.45) is 3.10. The van der Waals surface area contributed by atoms with Gasteiger partial charge in [-0.2, -0.15) is 0 Å². The Balaban J connectivity index is 2.01. The van der Waals surface area contributed by atoms with Gasteiger partial charge in [0, 0.05) is 12.7 Å². The van der Waals surface area contributed by atoms with Crippen molar-refractivity contribution in [1.82, 2.24) is 20.6 Å². The van der Waals surface area contributed by atoms with Gasteiger partial charge in [-0.15, -0.1) is 0 Å². The molecule has 1 aromatic heterocycles. The third-order valence-corrected chi connectivity index (χ3v) is 3.55. The Morgan fingerprint density at radius 3 is 2.68 bits per heavy atom. The van der Waals surface area contributed by atoms with Gasteiger partial charge in [0.05, 0.1) is 0 Å². The summed E-state index contributed by atoms with van der Waals surface area (Å²) >= 11 is 0. The van der Waals surface area contributed by atoms with Gasteiger partial charge in [0.15, 0.2) is 0 Å². The first kappa shape index (κ1) is 13.5. The first-order valence-corrected chi connectivity index (χ1v) is 6.31. The smallest absolute Gasteiger partial charge is 0.325 e. The molecular weight excluding hydrogens is 248 g/mol. The van der Waals surface area contributed by atoms with Crippen LogP contribution in [0.15, 0.2) is 15.8 Å². The van der Waals surface area contributed by atoms with Crippen molar-refractivity contribution in [2.24, 2.45) is 5.41 Å². The third kappa shape index (κ3) is 3.31. The number of amides is 1. The molecule has 0 saturated carbocycles. The summed E-state index contributed by atoms with van der Waals surface area (Å²) in [5.41, 5.74) is -1.31. The fourth-order valence-corrected chi connectivity index (χ4v) is 2.17. The molecule has 0 spiro atoms. The molecule has 7 nitrogen and oxygen atoms in total. The lowest BCUT2D eigenvalue weighted by molar-refractivity contribution is 0.0920. The molecule has 0 unspecified atom stereocenters. The minimum absolute atomic E-state index is 0.0514. The number of aromatic amines is 2. The molecule has 4 N–H and O–H groups in total. The first-order valence-electron chi connectivity index (χ1n) is 6.31. The minimum Gasteiger partial charge on any atom is -0.351 e. The van der Waals surface area contributed by atoms with Crippen LogP contribution in [0, 0.1) is 5.41 Å². The topological polar surface area (TPSA) is 107 Å². The van der Waals surface area contributed by atoms with E-state index in [-0.39, 0.29) is 11.0 Å². The van der Waals surface area contributed by atoms with Crippen LogP contribution in [-0.4, -0.2) is 35.5 Å². The number of hydrogen-bond acceptors (Lipinski definition) is 4.